The van der Waals surface area contributed by atoms with E-state index in [2.05, 4.69) is 276 Å². The van der Waals surface area contributed by atoms with E-state index in [4.69, 9.17) is 4.42 Å². The van der Waals surface area contributed by atoms with Crippen LogP contribution in [0.3, 0.4) is 0 Å². The summed E-state index contributed by atoms with van der Waals surface area (Å²) < 4.78 is 8.71. The molecule has 14 rings (SSSR count). The number of aromatic nitrogens is 1. The van der Waals surface area contributed by atoms with Crippen LogP contribution in [-0.2, 0) is 0 Å². The molecule has 0 unspecified atom stereocenters. The molecule has 0 aliphatic carbocycles. The van der Waals surface area contributed by atoms with Gasteiger partial charge in [0.25, 0.3) is 0 Å². The second kappa shape index (κ2) is 17.6. The maximum absolute atomic E-state index is 6.31. The second-order valence-electron chi connectivity index (χ2n) is 18.9. The van der Waals surface area contributed by atoms with Gasteiger partial charge < -0.3 is 13.9 Å². The Morgan fingerprint density at radius 1 is 0.247 bits per heavy atom. The molecule has 0 bridgehead atoms. The minimum atomic E-state index is 0.888. The van der Waals surface area contributed by atoms with Gasteiger partial charge in [0.2, 0.25) is 0 Å². The summed E-state index contributed by atoms with van der Waals surface area (Å²) >= 11 is 0. The quantitative estimate of drug-likeness (QED) is 0.144. The van der Waals surface area contributed by atoms with Gasteiger partial charge in [-0.3, -0.25) is 0 Å². The number of furan rings is 1. The van der Waals surface area contributed by atoms with E-state index in [0.717, 1.165) is 89.2 Å². The molecular weight excluding hydrogens is 885 g/mol. The van der Waals surface area contributed by atoms with E-state index in [1.54, 1.807) is 0 Å². The largest absolute Gasteiger partial charge is 0.456 e. The molecule has 3 heteroatoms. The van der Waals surface area contributed by atoms with Crippen molar-refractivity contribution < 1.29 is 4.42 Å². The molecule has 12 aromatic carbocycles. The van der Waals surface area contributed by atoms with E-state index < -0.39 is 0 Å². The van der Waals surface area contributed by atoms with E-state index in [9.17, 15) is 0 Å². The zero-order valence-corrected chi connectivity index (χ0v) is 39.9. The molecule has 0 spiro atoms. The summed E-state index contributed by atoms with van der Waals surface area (Å²) in [4.78, 5) is 2.35. The van der Waals surface area contributed by atoms with Crippen LogP contribution in [0, 0.1) is 0 Å². The van der Waals surface area contributed by atoms with Crippen LogP contribution in [0.2, 0.25) is 0 Å². The number of fused-ring (bicyclic) bond motifs is 7. The maximum atomic E-state index is 6.31. The van der Waals surface area contributed by atoms with Gasteiger partial charge in [-0.25, -0.2) is 0 Å². The number of nitrogens with zero attached hydrogens (tertiary/aromatic N) is 2. The van der Waals surface area contributed by atoms with Gasteiger partial charge in [-0.15, -0.1) is 0 Å². The lowest BCUT2D eigenvalue weighted by Crippen LogP contribution is -2.09. The Morgan fingerprint density at radius 2 is 0.740 bits per heavy atom. The van der Waals surface area contributed by atoms with Crippen LogP contribution in [0.25, 0.3) is 116 Å². The Hall–Kier alpha value is -9.70. The SMILES string of the molecule is c1ccc(-c2ccc(-n3c4ccccc4c4cc(-c5cc(-c6cccc(-c7cccc(N(c8ccccc8)c8ccc9ccccc9c8)c7)c6)cc(-c6ccc7oc8ccccc8c7c6)c5)ccc43)cc2)cc1. The summed E-state index contributed by atoms with van der Waals surface area (Å²) in [5, 5.41) is 7.10. The third-order valence-corrected chi connectivity index (χ3v) is 14.5. The van der Waals surface area contributed by atoms with E-state index in [-0.39, 0.29) is 0 Å². The van der Waals surface area contributed by atoms with Crippen molar-refractivity contribution in [2.24, 2.45) is 0 Å². The van der Waals surface area contributed by atoms with E-state index in [0.29, 0.717) is 0 Å². The van der Waals surface area contributed by atoms with Crippen molar-refractivity contribution in [3.63, 3.8) is 0 Å². The fourth-order valence-electron chi connectivity index (χ4n) is 10.9. The summed E-state index contributed by atoms with van der Waals surface area (Å²) in [6.07, 6.45) is 0. The Morgan fingerprint density at radius 3 is 1.52 bits per heavy atom. The van der Waals surface area contributed by atoms with Crippen LogP contribution in [0.5, 0.6) is 0 Å². The molecule has 0 atom stereocenters. The van der Waals surface area contributed by atoms with Crippen molar-refractivity contribution in [2.75, 3.05) is 4.90 Å². The maximum Gasteiger partial charge on any atom is 0.135 e. The monoisotopic (exact) mass is 930 g/mol. The van der Waals surface area contributed by atoms with E-state index in [1.807, 2.05) is 12.1 Å². The van der Waals surface area contributed by atoms with Gasteiger partial charge in [0, 0.05) is 44.3 Å². The van der Waals surface area contributed by atoms with Crippen LogP contribution in [0.1, 0.15) is 0 Å². The predicted octanol–water partition coefficient (Wildman–Crippen LogP) is 19.6. The van der Waals surface area contributed by atoms with Crippen molar-refractivity contribution in [1.82, 2.24) is 4.57 Å². The fourth-order valence-corrected chi connectivity index (χ4v) is 10.9. The lowest BCUT2D eigenvalue weighted by Gasteiger charge is -2.26. The van der Waals surface area contributed by atoms with Crippen LogP contribution in [-0.4, -0.2) is 4.57 Å². The number of hydrogen-bond acceptors (Lipinski definition) is 2. The third-order valence-electron chi connectivity index (χ3n) is 14.5. The molecule has 3 nitrogen and oxygen atoms in total. The first kappa shape index (κ1) is 42.2. The topological polar surface area (TPSA) is 21.3 Å². The summed E-state index contributed by atoms with van der Waals surface area (Å²) in [7, 11) is 0. The van der Waals surface area contributed by atoms with Gasteiger partial charge in [-0.2, -0.15) is 0 Å². The third kappa shape index (κ3) is 7.63. The zero-order chi connectivity index (χ0) is 48.2. The number of anilines is 3. The molecule has 0 amide bonds. The van der Waals surface area contributed by atoms with Gasteiger partial charge >= 0.3 is 0 Å². The van der Waals surface area contributed by atoms with Gasteiger partial charge in [0.05, 0.1) is 11.0 Å². The highest BCUT2D eigenvalue weighted by Gasteiger charge is 2.18. The Kier molecular flexibility index (Phi) is 10.2. The van der Waals surface area contributed by atoms with Crippen LogP contribution >= 0.6 is 0 Å². The molecule has 2 heterocycles. The minimum Gasteiger partial charge on any atom is -0.456 e. The smallest absolute Gasteiger partial charge is 0.135 e. The Bertz CT molecular complexity index is 4370. The summed E-state index contributed by atoms with van der Waals surface area (Å²) in [5.74, 6) is 0. The van der Waals surface area contributed by atoms with Crippen molar-refractivity contribution in [3.8, 4) is 61.3 Å². The van der Waals surface area contributed by atoms with Gasteiger partial charge in [-0.1, -0.05) is 170 Å². The summed E-state index contributed by atoms with van der Waals surface area (Å²) in [6, 6.07) is 101. The number of hydrogen-bond donors (Lipinski definition) is 0. The van der Waals surface area contributed by atoms with Crippen molar-refractivity contribution in [3.05, 3.63) is 279 Å². The standard InChI is InChI=1S/C70H46N2O/c1-3-15-47(16-4-1)49-29-34-60(35-30-49)72-67-27-11-9-25-63(67)65-45-54(32-37-68(65)72)57-40-56(41-58(42-57)55-33-38-70-66(46-55)64-26-10-12-28-69(64)73-70)51-20-13-19-50(39-51)53-21-14-24-61(44-53)71(59-22-5-2-6-23-59)62-36-31-48-17-7-8-18-52(48)43-62/h1-46H. The molecule has 0 aliphatic heterocycles. The second-order valence-corrected chi connectivity index (χ2v) is 18.9. The van der Waals surface area contributed by atoms with E-state index >= 15 is 0 Å². The summed E-state index contributed by atoms with van der Waals surface area (Å²) in [5.41, 5.74) is 20.2. The molecular formula is C70H46N2O. The molecule has 0 N–H and O–H groups in total. The van der Waals surface area contributed by atoms with Crippen LogP contribution in [0.4, 0.5) is 17.1 Å². The van der Waals surface area contributed by atoms with Gasteiger partial charge in [0.15, 0.2) is 0 Å². The average molecular weight is 931 g/mol. The van der Waals surface area contributed by atoms with E-state index in [1.165, 1.54) is 43.7 Å². The molecule has 0 radical (unpaired) electrons. The van der Waals surface area contributed by atoms with Crippen LogP contribution in [0.15, 0.2) is 283 Å². The first-order chi connectivity index (χ1) is 36.1. The first-order valence-corrected chi connectivity index (χ1v) is 25.0. The van der Waals surface area contributed by atoms with Gasteiger partial charge in [-0.05, 0) is 176 Å². The Labute approximate surface area is 423 Å². The highest BCUT2D eigenvalue weighted by molar-refractivity contribution is 6.11. The van der Waals surface area contributed by atoms with Crippen molar-refractivity contribution >= 4 is 71.6 Å². The molecule has 0 aliphatic rings. The number of benzene rings is 12. The minimum absolute atomic E-state index is 0.888. The predicted molar refractivity (Wildman–Crippen MR) is 307 cm³/mol. The molecule has 0 saturated heterocycles. The fraction of sp³-hybridized carbons (Fsp3) is 0. The number of para-hydroxylation sites is 3. The van der Waals surface area contributed by atoms with Crippen molar-refractivity contribution in [1.29, 1.82) is 0 Å². The number of rotatable bonds is 9. The van der Waals surface area contributed by atoms with Crippen LogP contribution < -0.4 is 4.90 Å². The first-order valence-electron chi connectivity index (χ1n) is 25.0. The highest BCUT2D eigenvalue weighted by atomic mass is 16.3. The molecule has 2 aromatic heterocycles. The average Bonchev–Trinajstić information content (AvgIpc) is 4.01. The lowest BCUT2D eigenvalue weighted by atomic mass is 9.91. The lowest BCUT2D eigenvalue weighted by molar-refractivity contribution is 0.669. The van der Waals surface area contributed by atoms with Crippen molar-refractivity contribution in [2.45, 2.75) is 0 Å². The zero-order valence-electron chi connectivity index (χ0n) is 39.9. The Balaban J connectivity index is 0.895. The molecule has 0 fully saturated rings. The van der Waals surface area contributed by atoms with Gasteiger partial charge in [0.1, 0.15) is 11.2 Å². The molecule has 14 aromatic rings. The molecule has 0 saturated carbocycles. The highest BCUT2D eigenvalue weighted by Crippen LogP contribution is 2.42. The molecule has 73 heavy (non-hydrogen) atoms. The molecule has 342 valence electrons. The summed E-state index contributed by atoms with van der Waals surface area (Å²) in [6.45, 7) is 0. The normalized spacial score (nSPS) is 11.6.